The molecule has 3 rings (SSSR count). The number of nitrogens with zero attached hydrogens (tertiary/aromatic N) is 1. The Kier molecular flexibility index (Phi) is 6.06. The summed E-state index contributed by atoms with van der Waals surface area (Å²) in [6.45, 7) is 1.78. The van der Waals surface area contributed by atoms with Gasteiger partial charge in [-0.05, 0) is 55.7 Å². The fraction of sp³-hybridized carbons (Fsp3) is 0.381. The first-order valence-corrected chi connectivity index (χ1v) is 9.39. The van der Waals surface area contributed by atoms with Crippen LogP contribution in [0.3, 0.4) is 0 Å². The average molecular weight is 367 g/mol. The Morgan fingerprint density at radius 3 is 2.44 bits per heavy atom. The lowest BCUT2D eigenvalue weighted by molar-refractivity contribution is -0.116. The van der Waals surface area contributed by atoms with E-state index >= 15 is 0 Å². The lowest BCUT2D eigenvalue weighted by Crippen LogP contribution is -2.36. The molecule has 6 nitrogen and oxygen atoms in total. The number of hydrogen-bond donors (Lipinski definition) is 2. The minimum Gasteiger partial charge on any atom is -0.349 e. The molecule has 27 heavy (non-hydrogen) atoms. The second kappa shape index (κ2) is 8.66. The summed E-state index contributed by atoms with van der Waals surface area (Å²) in [6, 6.07) is 10.3. The van der Waals surface area contributed by atoms with E-state index in [1.54, 1.807) is 36.5 Å². The van der Waals surface area contributed by atoms with E-state index in [9.17, 15) is 14.4 Å². The smallest absolute Gasteiger partial charge is 0.251 e. The van der Waals surface area contributed by atoms with Gasteiger partial charge in [-0.15, -0.1) is 0 Å². The van der Waals surface area contributed by atoms with Gasteiger partial charge < -0.3 is 15.2 Å². The highest BCUT2D eigenvalue weighted by Gasteiger charge is 2.16. The van der Waals surface area contributed by atoms with Crippen LogP contribution in [0.4, 0.5) is 5.69 Å². The van der Waals surface area contributed by atoms with Crippen molar-refractivity contribution >= 4 is 17.5 Å². The van der Waals surface area contributed by atoms with Gasteiger partial charge in [0.2, 0.25) is 5.91 Å². The molecule has 0 saturated heterocycles. The molecule has 0 radical (unpaired) electrons. The average Bonchev–Trinajstić information content (AvgIpc) is 2.65. The molecule has 1 aliphatic carbocycles. The summed E-state index contributed by atoms with van der Waals surface area (Å²) < 4.78 is 1.36. The number of anilines is 1. The van der Waals surface area contributed by atoms with Crippen LogP contribution in [0.5, 0.6) is 0 Å². The number of rotatable bonds is 5. The van der Waals surface area contributed by atoms with Crippen molar-refractivity contribution in [3.8, 4) is 0 Å². The number of pyridine rings is 1. The van der Waals surface area contributed by atoms with Crippen LogP contribution in [0.15, 0.2) is 47.4 Å². The molecular formula is C21H25N3O3. The molecule has 2 aromatic rings. The summed E-state index contributed by atoms with van der Waals surface area (Å²) in [7, 11) is 0. The van der Waals surface area contributed by atoms with Gasteiger partial charge in [-0.1, -0.05) is 19.3 Å². The fourth-order valence-electron chi connectivity index (χ4n) is 3.31. The van der Waals surface area contributed by atoms with E-state index < -0.39 is 0 Å². The molecule has 1 saturated carbocycles. The molecule has 1 fully saturated rings. The zero-order valence-corrected chi connectivity index (χ0v) is 15.5. The number of carbonyl (C=O) groups excluding carboxylic acids is 2. The van der Waals surface area contributed by atoms with Crippen molar-refractivity contribution < 1.29 is 9.59 Å². The predicted octanol–water partition coefficient (Wildman–Crippen LogP) is 2.86. The molecule has 1 aromatic heterocycles. The van der Waals surface area contributed by atoms with Crippen molar-refractivity contribution in [3.63, 3.8) is 0 Å². The minimum atomic E-state index is -0.291. The third kappa shape index (κ3) is 5.29. The first-order chi connectivity index (χ1) is 13.0. The van der Waals surface area contributed by atoms with E-state index in [1.807, 2.05) is 6.92 Å². The fourth-order valence-corrected chi connectivity index (χ4v) is 3.31. The second-order valence-electron chi connectivity index (χ2n) is 7.10. The van der Waals surface area contributed by atoms with Gasteiger partial charge in [-0.25, -0.2) is 0 Å². The molecule has 0 atom stereocenters. The Bertz CT molecular complexity index is 865. The van der Waals surface area contributed by atoms with Gasteiger partial charge in [0.15, 0.2) is 0 Å². The van der Waals surface area contributed by atoms with Crippen LogP contribution in [0.2, 0.25) is 0 Å². The molecule has 2 amide bonds. The molecule has 142 valence electrons. The van der Waals surface area contributed by atoms with Gasteiger partial charge in [-0.2, -0.15) is 0 Å². The largest absolute Gasteiger partial charge is 0.349 e. The first-order valence-electron chi connectivity index (χ1n) is 9.39. The minimum absolute atomic E-state index is 0.0525. The molecule has 1 aliphatic rings. The van der Waals surface area contributed by atoms with E-state index in [4.69, 9.17) is 0 Å². The Morgan fingerprint density at radius 2 is 1.78 bits per heavy atom. The Balaban J connectivity index is 1.55. The monoisotopic (exact) mass is 367 g/mol. The zero-order chi connectivity index (χ0) is 19.2. The van der Waals surface area contributed by atoms with Crippen molar-refractivity contribution in [2.45, 2.75) is 51.6 Å². The number of amides is 2. The van der Waals surface area contributed by atoms with Crippen molar-refractivity contribution in [1.82, 2.24) is 9.88 Å². The molecule has 0 bridgehead atoms. The van der Waals surface area contributed by atoms with Gasteiger partial charge in [0.1, 0.15) is 6.54 Å². The number of hydrogen-bond acceptors (Lipinski definition) is 3. The van der Waals surface area contributed by atoms with Crippen LogP contribution in [0.1, 0.15) is 48.0 Å². The van der Waals surface area contributed by atoms with Gasteiger partial charge in [-0.3, -0.25) is 14.4 Å². The molecule has 1 aromatic carbocycles. The van der Waals surface area contributed by atoms with Crippen LogP contribution in [0.25, 0.3) is 0 Å². The van der Waals surface area contributed by atoms with Crippen LogP contribution in [0, 0.1) is 6.92 Å². The SMILES string of the molecule is Cc1ccn(CC(=O)Nc2ccc(C(=O)NC3CCCCC3)cc2)c(=O)c1. The first kappa shape index (κ1) is 18.9. The second-order valence-corrected chi connectivity index (χ2v) is 7.10. The predicted molar refractivity (Wildman–Crippen MR) is 105 cm³/mol. The number of aromatic nitrogens is 1. The van der Waals surface area contributed by atoms with Crippen LogP contribution in [-0.4, -0.2) is 22.4 Å². The summed E-state index contributed by atoms with van der Waals surface area (Å²) in [4.78, 5) is 36.3. The van der Waals surface area contributed by atoms with E-state index in [0.29, 0.717) is 11.3 Å². The summed E-state index contributed by atoms with van der Waals surface area (Å²) in [5.41, 5.74) is 1.82. The van der Waals surface area contributed by atoms with E-state index in [2.05, 4.69) is 10.6 Å². The van der Waals surface area contributed by atoms with Crippen LogP contribution >= 0.6 is 0 Å². The number of benzene rings is 1. The summed E-state index contributed by atoms with van der Waals surface area (Å²) in [5.74, 6) is -0.369. The normalized spacial score (nSPS) is 14.6. The highest BCUT2D eigenvalue weighted by Crippen LogP contribution is 2.18. The van der Waals surface area contributed by atoms with E-state index in [0.717, 1.165) is 18.4 Å². The Hall–Kier alpha value is -2.89. The molecule has 6 heteroatoms. The van der Waals surface area contributed by atoms with Gasteiger partial charge >= 0.3 is 0 Å². The van der Waals surface area contributed by atoms with Gasteiger partial charge in [0.05, 0.1) is 0 Å². The quantitative estimate of drug-likeness (QED) is 0.853. The third-order valence-corrected chi connectivity index (χ3v) is 4.84. The highest BCUT2D eigenvalue weighted by molar-refractivity contribution is 5.95. The summed E-state index contributed by atoms with van der Waals surface area (Å²) in [5, 5.41) is 5.82. The van der Waals surface area contributed by atoms with E-state index in [-0.39, 0.29) is 30.0 Å². The molecular weight excluding hydrogens is 342 g/mol. The third-order valence-electron chi connectivity index (χ3n) is 4.84. The van der Waals surface area contributed by atoms with Gasteiger partial charge in [0.25, 0.3) is 11.5 Å². The highest BCUT2D eigenvalue weighted by atomic mass is 16.2. The maximum Gasteiger partial charge on any atom is 0.251 e. The van der Waals surface area contributed by atoms with Crippen molar-refractivity contribution in [3.05, 3.63) is 64.1 Å². The molecule has 1 heterocycles. The summed E-state index contributed by atoms with van der Waals surface area (Å²) >= 11 is 0. The summed E-state index contributed by atoms with van der Waals surface area (Å²) in [6.07, 6.45) is 7.27. The van der Waals surface area contributed by atoms with Crippen LogP contribution in [-0.2, 0) is 11.3 Å². The molecule has 2 N–H and O–H groups in total. The lowest BCUT2D eigenvalue weighted by Gasteiger charge is -2.22. The molecule has 0 spiro atoms. The van der Waals surface area contributed by atoms with Crippen molar-refractivity contribution in [2.75, 3.05) is 5.32 Å². The number of nitrogens with one attached hydrogen (secondary N) is 2. The van der Waals surface area contributed by atoms with Gasteiger partial charge in [0, 0.05) is 29.6 Å². The Morgan fingerprint density at radius 1 is 1.07 bits per heavy atom. The zero-order valence-electron chi connectivity index (χ0n) is 15.5. The number of carbonyl (C=O) groups is 2. The van der Waals surface area contributed by atoms with Crippen molar-refractivity contribution in [1.29, 1.82) is 0 Å². The maximum atomic E-state index is 12.3. The topological polar surface area (TPSA) is 80.2 Å². The standard InChI is InChI=1S/C21H25N3O3/c1-15-11-12-24(20(26)13-15)14-19(25)22-18-9-7-16(8-10-18)21(27)23-17-5-3-2-4-6-17/h7-13,17H,2-6,14H2,1H3,(H,22,25)(H,23,27). The molecule has 0 aliphatic heterocycles. The lowest BCUT2D eigenvalue weighted by atomic mass is 9.95. The van der Waals surface area contributed by atoms with Crippen LogP contribution < -0.4 is 16.2 Å². The Labute approximate surface area is 158 Å². The van der Waals surface area contributed by atoms with E-state index in [1.165, 1.54) is 29.9 Å². The molecule has 0 unspecified atom stereocenters. The number of aryl methyl sites for hydroxylation is 1. The van der Waals surface area contributed by atoms with Crippen molar-refractivity contribution in [2.24, 2.45) is 0 Å². The maximum absolute atomic E-state index is 12.3.